The molecule has 2 fully saturated rings. The maximum Gasteiger partial charge on any atom is 0.216 e. The van der Waals surface area contributed by atoms with Gasteiger partial charge in [-0.3, -0.25) is 0 Å². The summed E-state index contributed by atoms with van der Waals surface area (Å²) >= 11 is 5.95. The average Bonchev–Trinajstić information content (AvgIpc) is 3.03. The normalized spacial score (nSPS) is 22.0. The van der Waals surface area contributed by atoms with Gasteiger partial charge in [0.05, 0.1) is 5.25 Å². The summed E-state index contributed by atoms with van der Waals surface area (Å²) in [6, 6.07) is 7.35. The van der Waals surface area contributed by atoms with E-state index in [2.05, 4.69) is 0 Å². The highest BCUT2D eigenvalue weighted by molar-refractivity contribution is 7.89. The molecule has 0 bridgehead atoms. The fraction of sp³-hybridized carbons (Fsp3) is 0.625. The van der Waals surface area contributed by atoms with E-state index in [4.69, 9.17) is 16.3 Å². The fourth-order valence-corrected chi connectivity index (χ4v) is 5.58. The zero-order valence-corrected chi connectivity index (χ0v) is 14.2. The first-order valence-electron chi connectivity index (χ1n) is 7.97. The Morgan fingerprint density at radius 2 is 1.77 bits per heavy atom. The second-order valence-electron chi connectivity index (χ2n) is 6.13. The van der Waals surface area contributed by atoms with Gasteiger partial charge in [0.25, 0.3) is 0 Å². The Kier molecular flexibility index (Phi) is 4.95. The molecule has 0 amide bonds. The van der Waals surface area contributed by atoms with E-state index in [-0.39, 0.29) is 11.4 Å². The highest BCUT2D eigenvalue weighted by atomic mass is 35.5. The van der Waals surface area contributed by atoms with Crippen LogP contribution in [0.1, 0.15) is 38.5 Å². The summed E-state index contributed by atoms with van der Waals surface area (Å²) in [7, 11) is -3.11. The third-order valence-corrected chi connectivity index (χ3v) is 7.22. The summed E-state index contributed by atoms with van der Waals surface area (Å²) in [6.07, 6.45) is 5.25. The van der Waals surface area contributed by atoms with E-state index in [1.165, 1.54) is 0 Å². The minimum atomic E-state index is -3.11. The molecule has 1 saturated carbocycles. The van der Waals surface area contributed by atoms with E-state index in [0.717, 1.165) is 44.3 Å². The lowest BCUT2D eigenvalue weighted by Crippen LogP contribution is -2.45. The molecule has 1 aliphatic heterocycles. The second-order valence-corrected chi connectivity index (χ2v) is 8.77. The van der Waals surface area contributed by atoms with Gasteiger partial charge in [-0.05, 0) is 43.9 Å². The van der Waals surface area contributed by atoms with Gasteiger partial charge in [0.15, 0.2) is 0 Å². The zero-order valence-electron chi connectivity index (χ0n) is 12.6. The Labute approximate surface area is 137 Å². The minimum Gasteiger partial charge on any atom is -0.490 e. The van der Waals surface area contributed by atoms with Crippen LogP contribution in [0.2, 0.25) is 5.02 Å². The van der Waals surface area contributed by atoms with Crippen molar-refractivity contribution in [2.75, 3.05) is 13.1 Å². The molecule has 1 saturated heterocycles. The summed E-state index contributed by atoms with van der Waals surface area (Å²) in [5.41, 5.74) is 0. The predicted octanol–water partition coefficient (Wildman–Crippen LogP) is 3.46. The van der Waals surface area contributed by atoms with Crippen LogP contribution in [0.3, 0.4) is 0 Å². The number of sulfonamides is 1. The molecule has 122 valence electrons. The van der Waals surface area contributed by atoms with Crippen LogP contribution in [-0.2, 0) is 10.0 Å². The lowest BCUT2D eigenvalue weighted by molar-refractivity contribution is 0.134. The lowest BCUT2D eigenvalue weighted by Gasteiger charge is -2.33. The van der Waals surface area contributed by atoms with Crippen molar-refractivity contribution < 1.29 is 13.2 Å². The van der Waals surface area contributed by atoms with Crippen molar-refractivity contribution in [2.24, 2.45) is 0 Å². The molecule has 1 heterocycles. The summed E-state index contributed by atoms with van der Waals surface area (Å²) in [5, 5.41) is 0.497. The fourth-order valence-electron chi connectivity index (χ4n) is 3.33. The van der Waals surface area contributed by atoms with Crippen LogP contribution < -0.4 is 4.74 Å². The molecule has 2 aliphatic rings. The monoisotopic (exact) mass is 343 g/mol. The number of hydrogen-bond donors (Lipinski definition) is 0. The summed E-state index contributed by atoms with van der Waals surface area (Å²) in [6.45, 7) is 1.12. The molecule has 0 aromatic heterocycles. The van der Waals surface area contributed by atoms with Crippen molar-refractivity contribution in [3.63, 3.8) is 0 Å². The van der Waals surface area contributed by atoms with E-state index in [9.17, 15) is 8.42 Å². The summed E-state index contributed by atoms with van der Waals surface area (Å²) in [5.74, 6) is 0.754. The van der Waals surface area contributed by atoms with Gasteiger partial charge in [0, 0.05) is 18.1 Å². The smallest absolute Gasteiger partial charge is 0.216 e. The van der Waals surface area contributed by atoms with Crippen molar-refractivity contribution in [2.45, 2.75) is 49.9 Å². The summed E-state index contributed by atoms with van der Waals surface area (Å²) in [4.78, 5) is 0. The largest absolute Gasteiger partial charge is 0.490 e. The van der Waals surface area contributed by atoms with E-state index in [1.54, 1.807) is 10.4 Å². The van der Waals surface area contributed by atoms with Gasteiger partial charge in [-0.25, -0.2) is 12.7 Å². The quantitative estimate of drug-likeness (QED) is 0.841. The Morgan fingerprint density at radius 1 is 1.09 bits per heavy atom. The summed E-state index contributed by atoms with van der Waals surface area (Å²) < 4.78 is 32.7. The Balaban J connectivity index is 1.56. The van der Waals surface area contributed by atoms with Crippen molar-refractivity contribution in [1.29, 1.82) is 0 Å². The van der Waals surface area contributed by atoms with E-state index in [0.29, 0.717) is 18.1 Å². The minimum absolute atomic E-state index is 0.0634. The maximum atomic E-state index is 12.6. The Morgan fingerprint density at radius 3 is 2.41 bits per heavy atom. The van der Waals surface area contributed by atoms with Crippen LogP contribution in [0, 0.1) is 0 Å². The molecule has 1 aromatic carbocycles. The predicted molar refractivity (Wildman–Crippen MR) is 87.9 cm³/mol. The van der Waals surface area contributed by atoms with Crippen molar-refractivity contribution in [3.8, 4) is 5.75 Å². The first-order valence-corrected chi connectivity index (χ1v) is 9.85. The van der Waals surface area contributed by atoms with Gasteiger partial charge >= 0.3 is 0 Å². The molecule has 3 rings (SSSR count). The second kappa shape index (κ2) is 6.77. The number of benzene rings is 1. The number of ether oxygens (including phenoxy) is 1. The van der Waals surface area contributed by atoms with Crippen molar-refractivity contribution >= 4 is 21.6 Å². The topological polar surface area (TPSA) is 46.6 Å². The number of halogens is 1. The van der Waals surface area contributed by atoms with E-state index >= 15 is 0 Å². The van der Waals surface area contributed by atoms with Crippen LogP contribution in [0.4, 0.5) is 0 Å². The van der Waals surface area contributed by atoms with Gasteiger partial charge in [-0.15, -0.1) is 0 Å². The third-order valence-electron chi connectivity index (χ3n) is 4.58. The Bertz CT molecular complexity index is 606. The van der Waals surface area contributed by atoms with Crippen LogP contribution in [-0.4, -0.2) is 37.2 Å². The van der Waals surface area contributed by atoms with E-state index < -0.39 is 10.0 Å². The maximum absolute atomic E-state index is 12.6. The molecule has 0 spiro atoms. The van der Waals surface area contributed by atoms with Gasteiger partial charge < -0.3 is 4.74 Å². The molecular formula is C16H22ClNO3S. The molecule has 0 radical (unpaired) electrons. The molecule has 0 unspecified atom stereocenters. The number of rotatable bonds is 4. The van der Waals surface area contributed by atoms with Crippen molar-refractivity contribution in [3.05, 3.63) is 29.3 Å². The average molecular weight is 344 g/mol. The molecule has 4 nitrogen and oxygen atoms in total. The van der Waals surface area contributed by atoms with Crippen LogP contribution in [0.15, 0.2) is 24.3 Å². The molecular weight excluding hydrogens is 322 g/mol. The molecule has 0 N–H and O–H groups in total. The first kappa shape index (κ1) is 16.1. The van der Waals surface area contributed by atoms with Crippen LogP contribution in [0.5, 0.6) is 5.75 Å². The van der Waals surface area contributed by atoms with Crippen LogP contribution in [0.25, 0.3) is 0 Å². The molecule has 1 aliphatic carbocycles. The van der Waals surface area contributed by atoms with Gasteiger partial charge in [0.1, 0.15) is 11.9 Å². The number of nitrogens with zero attached hydrogens (tertiary/aromatic N) is 1. The van der Waals surface area contributed by atoms with E-state index in [1.807, 2.05) is 18.2 Å². The highest BCUT2D eigenvalue weighted by Crippen LogP contribution is 2.29. The van der Waals surface area contributed by atoms with Gasteiger partial charge in [0.2, 0.25) is 10.0 Å². The molecule has 22 heavy (non-hydrogen) atoms. The highest BCUT2D eigenvalue weighted by Gasteiger charge is 2.36. The lowest BCUT2D eigenvalue weighted by atomic mass is 10.1. The third kappa shape index (κ3) is 3.58. The zero-order chi connectivity index (χ0) is 15.6. The molecule has 1 aromatic rings. The molecule has 6 heteroatoms. The number of piperidine rings is 1. The number of hydrogen-bond acceptors (Lipinski definition) is 3. The van der Waals surface area contributed by atoms with Crippen LogP contribution >= 0.6 is 11.6 Å². The SMILES string of the molecule is O=S(=O)(C1CCCC1)N1CCC(Oc2cccc(Cl)c2)CC1. The van der Waals surface area contributed by atoms with Gasteiger partial charge in [-0.1, -0.05) is 30.5 Å². The Hall–Kier alpha value is -0.780. The van der Waals surface area contributed by atoms with Gasteiger partial charge in [-0.2, -0.15) is 0 Å². The van der Waals surface area contributed by atoms with Crippen molar-refractivity contribution in [1.82, 2.24) is 4.31 Å². The standard InChI is InChI=1S/C16H22ClNO3S/c17-13-4-3-5-15(12-13)21-14-8-10-18(11-9-14)22(19,20)16-6-1-2-7-16/h3-5,12,14,16H,1-2,6-11H2. The first-order chi connectivity index (χ1) is 10.6. The molecule has 0 atom stereocenters.